The van der Waals surface area contributed by atoms with Gasteiger partial charge in [0.1, 0.15) is 0 Å². The van der Waals surface area contributed by atoms with Gasteiger partial charge in [0, 0.05) is 14.2 Å². The highest BCUT2D eigenvalue weighted by Gasteiger charge is 2.27. The van der Waals surface area contributed by atoms with Crippen LogP contribution in [-0.2, 0) is 8.85 Å². The normalized spacial score (nSPS) is 12.2. The Hall–Kier alpha value is 0.0969. The zero-order chi connectivity index (χ0) is 19.5. The van der Waals surface area contributed by atoms with Crippen LogP contribution >= 0.6 is 0 Å². The first-order valence-corrected chi connectivity index (χ1v) is 14.0. The molecule has 0 aliphatic carbocycles. The second kappa shape index (κ2) is 18.5. The maximum absolute atomic E-state index is 5.64. The molecule has 0 aliphatic heterocycles. The largest absolute Gasteiger partial charge is 0.398 e. The number of hydrogen-bond donors (Lipinski definition) is 0. The summed E-state index contributed by atoms with van der Waals surface area (Å²) in [7, 11) is 1.71. The van der Waals surface area contributed by atoms with Crippen LogP contribution in [0, 0.1) is 0 Å². The van der Waals surface area contributed by atoms with Gasteiger partial charge in [0.15, 0.2) is 0 Å². The van der Waals surface area contributed by atoms with E-state index in [-0.39, 0.29) is 0 Å². The summed E-state index contributed by atoms with van der Waals surface area (Å²) in [6, 6.07) is 1.10. The van der Waals surface area contributed by atoms with Gasteiger partial charge in [0.05, 0.1) is 0 Å². The fraction of sp³-hybridized carbons (Fsp3) is 1.00. The molecular formula is C22H49NO2Si. The average molecular weight is 388 g/mol. The first-order chi connectivity index (χ1) is 12.6. The third-order valence-electron chi connectivity index (χ3n) is 5.62. The van der Waals surface area contributed by atoms with Crippen LogP contribution in [-0.4, -0.2) is 47.3 Å². The van der Waals surface area contributed by atoms with Crippen molar-refractivity contribution in [3.8, 4) is 0 Å². The molecule has 0 aromatic heterocycles. The van der Waals surface area contributed by atoms with Gasteiger partial charge < -0.3 is 13.8 Å². The van der Waals surface area contributed by atoms with E-state index in [4.69, 9.17) is 8.85 Å². The van der Waals surface area contributed by atoms with E-state index in [0.717, 1.165) is 6.04 Å². The second-order valence-electron chi connectivity index (χ2n) is 8.02. The third-order valence-corrected chi connectivity index (χ3v) is 8.61. The molecule has 0 fully saturated rings. The van der Waals surface area contributed by atoms with Crippen molar-refractivity contribution in [3.63, 3.8) is 0 Å². The van der Waals surface area contributed by atoms with E-state index in [0.29, 0.717) is 0 Å². The summed E-state index contributed by atoms with van der Waals surface area (Å²) in [4.78, 5) is 2.71. The summed E-state index contributed by atoms with van der Waals surface area (Å²) in [6.07, 6.45) is 17.9. The number of nitrogens with zero attached hydrogens (tertiary/aromatic N) is 1. The molecule has 0 aromatic rings. The number of unbranched alkanes of at least 4 members (excludes halogenated alkanes) is 10. The van der Waals surface area contributed by atoms with Crippen molar-refractivity contribution in [1.29, 1.82) is 0 Å². The Bertz CT molecular complexity index is 269. The predicted molar refractivity (Wildman–Crippen MR) is 118 cm³/mol. The van der Waals surface area contributed by atoms with Gasteiger partial charge in [-0.05, 0) is 51.5 Å². The van der Waals surface area contributed by atoms with Crippen LogP contribution in [0.1, 0.15) is 97.3 Å². The number of rotatable bonds is 20. The van der Waals surface area contributed by atoms with E-state index in [1.54, 1.807) is 14.2 Å². The van der Waals surface area contributed by atoms with Crippen molar-refractivity contribution in [1.82, 2.24) is 4.90 Å². The average Bonchev–Trinajstić information content (AvgIpc) is 2.66. The van der Waals surface area contributed by atoms with Gasteiger partial charge >= 0.3 is 8.56 Å². The molecule has 0 saturated heterocycles. The molecule has 0 unspecified atom stereocenters. The molecule has 0 saturated carbocycles. The summed E-state index contributed by atoms with van der Waals surface area (Å²) in [6.45, 7) is 10.5. The van der Waals surface area contributed by atoms with E-state index in [2.05, 4.69) is 25.3 Å². The summed E-state index contributed by atoms with van der Waals surface area (Å²) in [5.41, 5.74) is 0. The van der Waals surface area contributed by atoms with Gasteiger partial charge in [-0.3, -0.25) is 0 Å². The maximum Gasteiger partial charge on any atom is 0.334 e. The van der Waals surface area contributed by atoms with Crippen LogP contribution in [0.4, 0.5) is 0 Å². The topological polar surface area (TPSA) is 21.7 Å². The summed E-state index contributed by atoms with van der Waals surface area (Å²) in [5, 5.41) is 0. The Morgan fingerprint density at radius 3 is 1.38 bits per heavy atom. The lowest BCUT2D eigenvalue weighted by Gasteiger charge is -2.26. The summed E-state index contributed by atoms with van der Waals surface area (Å²) in [5.74, 6) is 0. The van der Waals surface area contributed by atoms with Crippen LogP contribution < -0.4 is 0 Å². The summed E-state index contributed by atoms with van der Waals surface area (Å²) >= 11 is 0. The highest BCUT2D eigenvalue weighted by Crippen LogP contribution is 2.15. The predicted octanol–water partition coefficient (Wildman–Crippen LogP) is 6.76. The molecule has 158 valence electrons. The quantitative estimate of drug-likeness (QED) is 0.170. The first-order valence-electron chi connectivity index (χ1n) is 11.4. The van der Waals surface area contributed by atoms with Crippen LogP contribution in [0.5, 0.6) is 0 Å². The smallest absolute Gasteiger partial charge is 0.334 e. The lowest BCUT2D eigenvalue weighted by Crippen LogP contribution is -2.37. The van der Waals surface area contributed by atoms with Crippen LogP contribution in [0.3, 0.4) is 0 Å². The van der Waals surface area contributed by atoms with Gasteiger partial charge in [-0.15, -0.1) is 0 Å². The monoisotopic (exact) mass is 387 g/mol. The first kappa shape index (κ1) is 26.1. The van der Waals surface area contributed by atoms with E-state index < -0.39 is 8.56 Å². The number of hydrogen-bond acceptors (Lipinski definition) is 3. The molecule has 0 atom stereocenters. The molecule has 0 radical (unpaired) electrons. The van der Waals surface area contributed by atoms with Gasteiger partial charge in [0.2, 0.25) is 0 Å². The Balaban J connectivity index is 4.05. The van der Waals surface area contributed by atoms with Crippen LogP contribution in [0.25, 0.3) is 0 Å². The Kier molecular flexibility index (Phi) is 18.5. The molecule has 3 nitrogen and oxygen atoms in total. The fourth-order valence-corrected chi connectivity index (χ4v) is 4.85. The van der Waals surface area contributed by atoms with Crippen LogP contribution in [0.15, 0.2) is 0 Å². The lowest BCUT2D eigenvalue weighted by molar-refractivity contribution is 0.234. The van der Waals surface area contributed by atoms with Gasteiger partial charge in [-0.25, -0.2) is 0 Å². The highest BCUT2D eigenvalue weighted by atomic mass is 28.4. The van der Waals surface area contributed by atoms with Crippen molar-refractivity contribution in [2.75, 3.05) is 33.9 Å². The molecular weight excluding hydrogens is 338 g/mol. The van der Waals surface area contributed by atoms with Crippen molar-refractivity contribution < 1.29 is 8.85 Å². The minimum absolute atomic E-state index is 1.10. The SMILES string of the molecule is CCCCCCCCN(CCCCCCCC)CCC[Si](C)(OC)OC. The molecule has 0 spiro atoms. The van der Waals surface area contributed by atoms with Crippen LogP contribution in [0.2, 0.25) is 12.6 Å². The zero-order valence-corrected chi connectivity index (χ0v) is 19.8. The minimum Gasteiger partial charge on any atom is -0.398 e. The van der Waals surface area contributed by atoms with Gasteiger partial charge in [-0.2, -0.15) is 0 Å². The Morgan fingerprint density at radius 1 is 0.577 bits per heavy atom. The standard InChI is InChI=1S/C22H49NO2Si/c1-6-8-10-12-14-16-19-23(20-17-15-13-11-9-7-2)21-18-22-26(5,24-3)25-4/h6-22H2,1-5H3. The summed E-state index contributed by atoms with van der Waals surface area (Å²) < 4.78 is 11.3. The van der Waals surface area contributed by atoms with Crippen molar-refractivity contribution in [2.45, 2.75) is 110 Å². The third kappa shape index (κ3) is 15.2. The Morgan fingerprint density at radius 2 is 0.962 bits per heavy atom. The maximum atomic E-state index is 5.64. The minimum atomic E-state index is -1.90. The molecule has 4 heteroatoms. The lowest BCUT2D eigenvalue weighted by atomic mass is 10.1. The van der Waals surface area contributed by atoms with E-state index in [1.807, 2.05) is 0 Å². The second-order valence-corrected chi connectivity index (χ2v) is 11.6. The molecule has 26 heavy (non-hydrogen) atoms. The molecule has 0 rings (SSSR count). The zero-order valence-electron chi connectivity index (χ0n) is 18.8. The molecule has 0 heterocycles. The fourth-order valence-electron chi connectivity index (χ4n) is 3.48. The van der Waals surface area contributed by atoms with Crippen molar-refractivity contribution >= 4 is 8.56 Å². The molecule has 0 N–H and O–H groups in total. The molecule has 0 amide bonds. The van der Waals surface area contributed by atoms with Gasteiger partial charge in [0.25, 0.3) is 0 Å². The molecule has 0 bridgehead atoms. The molecule has 0 aliphatic rings. The van der Waals surface area contributed by atoms with E-state index >= 15 is 0 Å². The van der Waals surface area contributed by atoms with Gasteiger partial charge in [-0.1, -0.05) is 78.1 Å². The Labute approximate surface area is 166 Å². The molecule has 0 aromatic carbocycles. The highest BCUT2D eigenvalue weighted by molar-refractivity contribution is 6.65. The van der Waals surface area contributed by atoms with E-state index in [1.165, 1.54) is 103 Å². The van der Waals surface area contributed by atoms with Crippen molar-refractivity contribution in [2.24, 2.45) is 0 Å². The van der Waals surface area contributed by atoms with Crippen molar-refractivity contribution in [3.05, 3.63) is 0 Å². The van der Waals surface area contributed by atoms with E-state index in [9.17, 15) is 0 Å².